The van der Waals surface area contributed by atoms with E-state index in [1.54, 1.807) is 6.07 Å². The first-order valence-electron chi connectivity index (χ1n) is 10.2. The van der Waals surface area contributed by atoms with Crippen LogP contribution in [-0.2, 0) is 11.3 Å². The molecule has 0 aliphatic carbocycles. The van der Waals surface area contributed by atoms with Crippen molar-refractivity contribution in [2.24, 2.45) is 0 Å². The summed E-state index contributed by atoms with van der Waals surface area (Å²) < 4.78 is 5.55. The number of phenols is 1. The van der Waals surface area contributed by atoms with Crippen molar-refractivity contribution in [1.29, 1.82) is 0 Å². The highest BCUT2D eigenvalue weighted by atomic mass is 16.5. The Morgan fingerprint density at radius 3 is 2.26 bits per heavy atom. The Labute approximate surface area is 165 Å². The fraction of sp³-hybridized carbons (Fsp3) is 0.500. The first-order chi connectivity index (χ1) is 12.9. The molecule has 1 N–H and O–H groups in total. The molecule has 1 atom stereocenters. The van der Waals surface area contributed by atoms with Crippen molar-refractivity contribution < 1.29 is 9.84 Å². The van der Waals surface area contributed by atoms with E-state index in [0.29, 0.717) is 31.0 Å². The van der Waals surface area contributed by atoms with Crippen molar-refractivity contribution in [3.63, 3.8) is 0 Å². The van der Waals surface area contributed by atoms with Gasteiger partial charge in [0.1, 0.15) is 5.75 Å². The van der Waals surface area contributed by atoms with Gasteiger partial charge in [-0.2, -0.15) is 0 Å². The molecule has 0 spiro atoms. The third-order valence-electron chi connectivity index (χ3n) is 5.03. The maximum atomic E-state index is 10.5. The number of aromatic hydroxyl groups is 1. The molecule has 0 heterocycles. The number of phenolic OH excluding ortho intramolecular Hbond substituents is 1. The first kappa shape index (κ1) is 21.3. The molecule has 0 aliphatic rings. The van der Waals surface area contributed by atoms with E-state index in [9.17, 15) is 5.11 Å². The Balaban J connectivity index is 2.42. The molecule has 1 unspecified atom stereocenters. The van der Waals surface area contributed by atoms with Crippen LogP contribution >= 0.6 is 0 Å². The zero-order valence-corrected chi connectivity index (χ0v) is 17.7. The van der Waals surface area contributed by atoms with Gasteiger partial charge in [-0.25, -0.2) is 0 Å². The lowest BCUT2D eigenvalue weighted by Crippen LogP contribution is -2.37. The lowest BCUT2D eigenvalue weighted by molar-refractivity contribution is 0.134. The van der Waals surface area contributed by atoms with E-state index < -0.39 is 0 Å². The maximum Gasteiger partial charge on any atom is 0.119 e. The molecule has 0 fully saturated rings. The lowest BCUT2D eigenvalue weighted by Gasteiger charge is -2.34. The van der Waals surface area contributed by atoms with Gasteiger partial charge in [0.05, 0.1) is 6.61 Å². The first-order valence-corrected chi connectivity index (χ1v) is 10.2. The summed E-state index contributed by atoms with van der Waals surface area (Å²) in [4.78, 5) is 2.43. The summed E-state index contributed by atoms with van der Waals surface area (Å²) in [5, 5.41) is 10.5. The third kappa shape index (κ3) is 5.26. The van der Waals surface area contributed by atoms with Gasteiger partial charge in [-0.05, 0) is 76.4 Å². The van der Waals surface area contributed by atoms with E-state index in [4.69, 9.17) is 4.74 Å². The summed E-state index contributed by atoms with van der Waals surface area (Å²) in [5.74, 6) is 0.518. The molecule has 0 saturated carbocycles. The molecule has 2 aromatic carbocycles. The molecule has 148 valence electrons. The summed E-state index contributed by atoms with van der Waals surface area (Å²) in [5.41, 5.74) is 4.56. The SMILES string of the molecule is CCOCc1ccc(O)c(C(CC)c2cccc(N(C(C)C)C(C)C)c2)c1. The maximum absolute atomic E-state index is 10.5. The molecule has 0 radical (unpaired) electrons. The topological polar surface area (TPSA) is 32.7 Å². The molecular weight excluding hydrogens is 334 g/mol. The smallest absolute Gasteiger partial charge is 0.119 e. The predicted octanol–water partition coefficient (Wildman–Crippen LogP) is 6.09. The zero-order valence-electron chi connectivity index (χ0n) is 17.7. The summed E-state index contributed by atoms with van der Waals surface area (Å²) in [6.45, 7) is 14.4. The normalized spacial score (nSPS) is 12.6. The highest BCUT2D eigenvalue weighted by Gasteiger charge is 2.20. The van der Waals surface area contributed by atoms with Crippen LogP contribution in [0.4, 0.5) is 5.69 Å². The Kier molecular flexibility index (Phi) is 7.73. The lowest BCUT2D eigenvalue weighted by atomic mass is 9.87. The van der Waals surface area contributed by atoms with E-state index >= 15 is 0 Å². The minimum Gasteiger partial charge on any atom is -0.508 e. The Hall–Kier alpha value is -2.00. The van der Waals surface area contributed by atoms with Crippen LogP contribution in [0.25, 0.3) is 0 Å². The van der Waals surface area contributed by atoms with Gasteiger partial charge in [0.2, 0.25) is 0 Å². The zero-order chi connectivity index (χ0) is 20.0. The van der Waals surface area contributed by atoms with Crippen LogP contribution in [0.15, 0.2) is 42.5 Å². The average molecular weight is 370 g/mol. The van der Waals surface area contributed by atoms with Crippen LogP contribution < -0.4 is 4.90 Å². The van der Waals surface area contributed by atoms with Gasteiger partial charge in [0.15, 0.2) is 0 Å². The molecule has 3 heteroatoms. The van der Waals surface area contributed by atoms with Gasteiger partial charge in [0, 0.05) is 35.9 Å². The van der Waals surface area contributed by atoms with Crippen LogP contribution in [0.2, 0.25) is 0 Å². The minimum absolute atomic E-state index is 0.160. The van der Waals surface area contributed by atoms with Gasteiger partial charge in [-0.3, -0.25) is 0 Å². The standard InChI is InChI=1S/C24H35NO2/c1-7-22(23-14-19(16-27-8-2)12-13-24(23)26)20-10-9-11-21(15-20)25(17(3)4)18(5)6/h9-15,17-18,22,26H,7-8,16H2,1-6H3. The third-order valence-corrected chi connectivity index (χ3v) is 5.03. The molecule has 2 aromatic rings. The highest BCUT2D eigenvalue weighted by Crippen LogP contribution is 2.36. The fourth-order valence-corrected chi connectivity index (χ4v) is 3.92. The van der Waals surface area contributed by atoms with Crippen LogP contribution in [0.3, 0.4) is 0 Å². The van der Waals surface area contributed by atoms with Crippen LogP contribution in [0.5, 0.6) is 5.75 Å². The molecule has 3 nitrogen and oxygen atoms in total. The van der Waals surface area contributed by atoms with Crippen LogP contribution in [0, 0.1) is 0 Å². The Morgan fingerprint density at radius 1 is 0.963 bits per heavy atom. The number of anilines is 1. The second-order valence-corrected chi connectivity index (χ2v) is 7.68. The molecule has 2 rings (SSSR count). The van der Waals surface area contributed by atoms with Crippen molar-refractivity contribution in [3.05, 3.63) is 59.2 Å². The summed E-state index contributed by atoms with van der Waals surface area (Å²) in [6, 6.07) is 15.5. The number of ether oxygens (including phenoxy) is 1. The van der Waals surface area contributed by atoms with Crippen LogP contribution in [-0.4, -0.2) is 23.8 Å². The van der Waals surface area contributed by atoms with E-state index in [1.807, 2.05) is 13.0 Å². The molecule has 0 aliphatic heterocycles. The molecular formula is C24H35NO2. The fourth-order valence-electron chi connectivity index (χ4n) is 3.92. The van der Waals surface area contributed by atoms with Crippen molar-refractivity contribution >= 4 is 5.69 Å². The van der Waals surface area contributed by atoms with Gasteiger partial charge < -0.3 is 14.7 Å². The predicted molar refractivity (Wildman–Crippen MR) is 115 cm³/mol. The molecule has 0 amide bonds. The summed E-state index contributed by atoms with van der Waals surface area (Å²) in [6.07, 6.45) is 0.929. The molecule has 27 heavy (non-hydrogen) atoms. The highest BCUT2D eigenvalue weighted by molar-refractivity contribution is 5.53. The quantitative estimate of drug-likeness (QED) is 0.580. The summed E-state index contributed by atoms with van der Waals surface area (Å²) in [7, 11) is 0. The van der Waals surface area contributed by atoms with Gasteiger partial charge in [0.25, 0.3) is 0 Å². The molecule has 0 saturated heterocycles. The van der Waals surface area contributed by atoms with Crippen LogP contribution in [0.1, 0.15) is 70.6 Å². The molecule has 0 bridgehead atoms. The van der Waals surface area contributed by atoms with Gasteiger partial charge in [-0.15, -0.1) is 0 Å². The largest absolute Gasteiger partial charge is 0.508 e. The van der Waals surface area contributed by atoms with Crippen molar-refractivity contribution in [2.45, 2.75) is 72.6 Å². The Bertz CT molecular complexity index is 716. The number of nitrogens with zero attached hydrogens (tertiary/aromatic N) is 1. The average Bonchev–Trinajstić information content (AvgIpc) is 2.62. The molecule has 0 aromatic heterocycles. The summed E-state index contributed by atoms with van der Waals surface area (Å²) >= 11 is 0. The second-order valence-electron chi connectivity index (χ2n) is 7.68. The van der Waals surface area contributed by atoms with E-state index in [2.05, 4.69) is 69.9 Å². The monoisotopic (exact) mass is 369 g/mol. The van der Waals surface area contributed by atoms with Crippen molar-refractivity contribution in [3.8, 4) is 5.75 Å². The van der Waals surface area contributed by atoms with E-state index in [0.717, 1.165) is 17.5 Å². The van der Waals surface area contributed by atoms with Crippen molar-refractivity contribution in [1.82, 2.24) is 0 Å². The van der Waals surface area contributed by atoms with E-state index in [-0.39, 0.29) is 5.92 Å². The van der Waals surface area contributed by atoms with Gasteiger partial charge in [-0.1, -0.05) is 25.1 Å². The Morgan fingerprint density at radius 2 is 1.67 bits per heavy atom. The second kappa shape index (κ2) is 9.80. The van der Waals surface area contributed by atoms with Gasteiger partial charge >= 0.3 is 0 Å². The number of hydrogen-bond acceptors (Lipinski definition) is 3. The van der Waals surface area contributed by atoms with E-state index in [1.165, 1.54) is 11.3 Å². The van der Waals surface area contributed by atoms with Crippen molar-refractivity contribution in [2.75, 3.05) is 11.5 Å². The number of rotatable bonds is 9. The minimum atomic E-state index is 0.160. The number of hydrogen-bond donors (Lipinski definition) is 1. The number of benzene rings is 2.